The van der Waals surface area contributed by atoms with Gasteiger partial charge in [-0.3, -0.25) is 24.9 Å². The van der Waals surface area contributed by atoms with Crippen LogP contribution in [0.1, 0.15) is 101 Å². The number of aryl methyl sites for hydroxylation is 8. The molecule has 224 valence electrons. The normalized spacial score (nSPS) is 8.00. The average Bonchev–Trinajstić information content (AvgIpc) is 2.97. The Morgan fingerprint density at radius 1 is 0.350 bits per heavy atom. The molecule has 0 fully saturated rings. The summed E-state index contributed by atoms with van der Waals surface area (Å²) in [5.41, 5.74) is 7.45. The first kappa shape index (κ1) is 43.4. The van der Waals surface area contributed by atoms with Gasteiger partial charge in [0, 0.05) is 49.6 Å². The van der Waals surface area contributed by atoms with Gasteiger partial charge in [-0.2, -0.15) is 0 Å². The van der Waals surface area contributed by atoms with E-state index in [1.807, 2.05) is 136 Å². The standard InChI is InChI=1S/C7H9N.3C6H8N2.4C2H6/c1-6-3-7(2)5-8-4-6;1-5-3-8-6(2)4-7-5;1-5-3-7-4-6(2)8-5;1-5-3-7-6(2)8-4-5;4*1-2/h3-5H,1-2H3;3*3-4H,1-2H3;4*1-2H3. The van der Waals surface area contributed by atoms with Crippen LogP contribution in [0.5, 0.6) is 0 Å². The van der Waals surface area contributed by atoms with Crippen LogP contribution in [-0.2, 0) is 0 Å². The number of hydrogen-bond donors (Lipinski definition) is 0. The third-order valence-electron chi connectivity index (χ3n) is 3.71. The molecule has 0 spiro atoms. The highest BCUT2D eigenvalue weighted by molar-refractivity contribution is 5.14. The van der Waals surface area contributed by atoms with Crippen molar-refractivity contribution in [2.75, 3.05) is 0 Å². The maximum atomic E-state index is 4.11. The topological polar surface area (TPSA) is 90.2 Å². The summed E-state index contributed by atoms with van der Waals surface area (Å²) in [6, 6.07) is 2.10. The molecule has 4 aromatic heterocycles. The zero-order valence-electron chi connectivity index (χ0n) is 28.3. The molecule has 0 saturated carbocycles. The maximum absolute atomic E-state index is 4.11. The zero-order chi connectivity index (χ0) is 31.9. The fourth-order valence-electron chi connectivity index (χ4n) is 2.21. The van der Waals surface area contributed by atoms with Gasteiger partial charge in [0.1, 0.15) is 5.82 Å². The molecule has 0 aliphatic carbocycles. The molecule has 4 heterocycles. The summed E-state index contributed by atoms with van der Waals surface area (Å²) in [6.07, 6.45) is 14.3. The molecule has 0 amide bonds. The molecule has 0 saturated heterocycles. The second-order valence-electron chi connectivity index (χ2n) is 7.45. The van der Waals surface area contributed by atoms with Crippen LogP contribution in [0.3, 0.4) is 0 Å². The zero-order valence-corrected chi connectivity index (χ0v) is 28.3. The Balaban J connectivity index is -0.000000199. The lowest BCUT2D eigenvalue weighted by atomic mass is 10.2. The van der Waals surface area contributed by atoms with Gasteiger partial charge in [-0.1, -0.05) is 61.5 Å². The van der Waals surface area contributed by atoms with Gasteiger partial charge in [-0.25, -0.2) is 9.97 Å². The van der Waals surface area contributed by atoms with E-state index in [1.54, 1.807) is 24.8 Å². The Labute approximate surface area is 246 Å². The summed E-state index contributed by atoms with van der Waals surface area (Å²) >= 11 is 0. The Morgan fingerprint density at radius 2 is 0.700 bits per heavy atom. The quantitative estimate of drug-likeness (QED) is 0.215. The van der Waals surface area contributed by atoms with E-state index in [0.29, 0.717) is 0 Å². The molecule has 0 bridgehead atoms. The summed E-state index contributed by atoms with van der Waals surface area (Å²) < 4.78 is 0. The number of pyridine rings is 1. The second-order valence-corrected chi connectivity index (χ2v) is 7.45. The monoisotopic (exact) mass is 551 g/mol. The SMILES string of the molecule is CC.CC.CC.CC.Cc1cnc(C)cn1.Cc1cnc(C)nc1.Cc1cncc(C)c1.Cc1cncc(C)n1. The minimum Gasteiger partial charge on any atom is -0.264 e. The first-order valence-electron chi connectivity index (χ1n) is 14.3. The first-order valence-corrected chi connectivity index (χ1v) is 14.3. The maximum Gasteiger partial charge on any atom is 0.125 e. The summed E-state index contributed by atoms with van der Waals surface area (Å²) in [5, 5.41) is 0. The van der Waals surface area contributed by atoms with Gasteiger partial charge >= 0.3 is 0 Å². The summed E-state index contributed by atoms with van der Waals surface area (Å²) in [7, 11) is 0. The van der Waals surface area contributed by atoms with Crippen LogP contribution in [0.2, 0.25) is 0 Å². The van der Waals surface area contributed by atoms with Crippen molar-refractivity contribution >= 4 is 0 Å². The van der Waals surface area contributed by atoms with Crippen molar-refractivity contribution in [2.45, 2.75) is 111 Å². The number of hydrogen-bond acceptors (Lipinski definition) is 7. The number of rotatable bonds is 0. The van der Waals surface area contributed by atoms with E-state index in [0.717, 1.165) is 34.2 Å². The Kier molecular flexibility index (Phi) is 34.3. The smallest absolute Gasteiger partial charge is 0.125 e. The highest BCUT2D eigenvalue weighted by Crippen LogP contribution is 1.97. The molecule has 0 aliphatic heterocycles. The van der Waals surface area contributed by atoms with Crippen LogP contribution in [0, 0.1) is 55.4 Å². The van der Waals surface area contributed by atoms with E-state index < -0.39 is 0 Å². The lowest BCUT2D eigenvalue weighted by Crippen LogP contribution is -1.85. The number of aromatic nitrogens is 7. The molecular weight excluding hydrogens is 494 g/mol. The van der Waals surface area contributed by atoms with Gasteiger partial charge in [0.25, 0.3) is 0 Å². The van der Waals surface area contributed by atoms with Crippen LogP contribution in [0.4, 0.5) is 0 Å². The minimum absolute atomic E-state index is 0.829. The Bertz CT molecular complexity index is 885. The van der Waals surface area contributed by atoms with Crippen molar-refractivity contribution in [2.24, 2.45) is 0 Å². The number of nitrogens with zero attached hydrogens (tertiary/aromatic N) is 7. The molecule has 0 aromatic carbocycles. The van der Waals surface area contributed by atoms with Gasteiger partial charge in [-0.15, -0.1) is 0 Å². The van der Waals surface area contributed by atoms with Crippen molar-refractivity contribution in [3.63, 3.8) is 0 Å². The highest BCUT2D eigenvalue weighted by atomic mass is 14.8. The Hall–Kier alpha value is -3.61. The average molecular weight is 552 g/mol. The van der Waals surface area contributed by atoms with Crippen LogP contribution in [0.25, 0.3) is 0 Å². The minimum atomic E-state index is 0.829. The third-order valence-corrected chi connectivity index (χ3v) is 3.71. The molecule has 40 heavy (non-hydrogen) atoms. The highest BCUT2D eigenvalue weighted by Gasteiger charge is 1.85. The van der Waals surface area contributed by atoms with Gasteiger partial charge in [0.2, 0.25) is 0 Å². The lowest BCUT2D eigenvalue weighted by molar-refractivity contribution is 1.03. The summed E-state index contributed by atoms with van der Waals surface area (Å²) in [5.74, 6) is 0.829. The van der Waals surface area contributed by atoms with Crippen LogP contribution < -0.4 is 0 Å². The molecule has 0 atom stereocenters. The van der Waals surface area contributed by atoms with E-state index in [1.165, 1.54) is 11.1 Å². The molecule has 0 unspecified atom stereocenters. The van der Waals surface area contributed by atoms with Gasteiger partial charge in [0.15, 0.2) is 0 Å². The van der Waals surface area contributed by atoms with Gasteiger partial charge < -0.3 is 0 Å². The van der Waals surface area contributed by atoms with Gasteiger partial charge in [0.05, 0.1) is 22.8 Å². The van der Waals surface area contributed by atoms with Crippen LogP contribution in [-0.4, -0.2) is 34.9 Å². The molecular formula is C33H57N7. The van der Waals surface area contributed by atoms with Gasteiger partial charge in [-0.05, 0) is 72.1 Å². The molecule has 7 heteroatoms. The van der Waals surface area contributed by atoms with Crippen molar-refractivity contribution in [1.29, 1.82) is 0 Å². The van der Waals surface area contributed by atoms with Crippen molar-refractivity contribution in [1.82, 2.24) is 34.9 Å². The molecule has 0 N–H and O–H groups in total. The molecule has 4 aromatic rings. The van der Waals surface area contributed by atoms with Crippen molar-refractivity contribution in [3.05, 3.63) is 101 Å². The van der Waals surface area contributed by atoms with E-state index in [-0.39, 0.29) is 0 Å². The van der Waals surface area contributed by atoms with Crippen LogP contribution >= 0.6 is 0 Å². The lowest BCUT2D eigenvalue weighted by Gasteiger charge is -1.89. The molecule has 7 nitrogen and oxygen atoms in total. The largest absolute Gasteiger partial charge is 0.264 e. The summed E-state index contributed by atoms with van der Waals surface area (Å²) in [6.45, 7) is 31.6. The molecule has 0 radical (unpaired) electrons. The van der Waals surface area contributed by atoms with E-state index in [2.05, 4.69) is 41.0 Å². The summed E-state index contributed by atoms with van der Waals surface area (Å²) in [4.78, 5) is 28.0. The Morgan fingerprint density at radius 3 is 0.925 bits per heavy atom. The molecule has 0 aliphatic rings. The second kappa shape index (κ2) is 31.6. The van der Waals surface area contributed by atoms with Crippen LogP contribution in [0.15, 0.2) is 55.6 Å². The van der Waals surface area contributed by atoms with E-state index >= 15 is 0 Å². The fourth-order valence-corrected chi connectivity index (χ4v) is 2.21. The van der Waals surface area contributed by atoms with Crippen molar-refractivity contribution < 1.29 is 0 Å². The van der Waals surface area contributed by atoms with Crippen molar-refractivity contribution in [3.8, 4) is 0 Å². The fraction of sp³-hybridized carbons (Fsp3) is 0.485. The molecule has 4 rings (SSSR count). The third kappa shape index (κ3) is 29.0. The predicted octanol–water partition coefficient (Wildman–Crippen LogP) is 9.08. The van der Waals surface area contributed by atoms with E-state index in [9.17, 15) is 0 Å². The predicted molar refractivity (Wildman–Crippen MR) is 174 cm³/mol. The first-order chi connectivity index (χ1) is 19.2. The van der Waals surface area contributed by atoms with E-state index in [4.69, 9.17) is 0 Å².